The van der Waals surface area contributed by atoms with Gasteiger partial charge in [-0.3, -0.25) is 10.1 Å². The van der Waals surface area contributed by atoms with E-state index in [1.807, 2.05) is 18.7 Å². The second-order valence-corrected chi connectivity index (χ2v) is 7.42. The van der Waals surface area contributed by atoms with Gasteiger partial charge >= 0.3 is 0 Å². The summed E-state index contributed by atoms with van der Waals surface area (Å²) >= 11 is 0. The van der Waals surface area contributed by atoms with Crippen LogP contribution < -0.4 is 5.32 Å². The number of nitrogens with zero attached hydrogens (tertiary/aromatic N) is 1. The molecule has 0 bridgehead atoms. The third-order valence-corrected chi connectivity index (χ3v) is 3.86. The summed E-state index contributed by atoms with van der Waals surface area (Å²) in [5, 5.41) is 3.52. The molecule has 20 heavy (non-hydrogen) atoms. The second-order valence-electron chi connectivity index (χ2n) is 7.42. The van der Waals surface area contributed by atoms with Crippen LogP contribution in [0.3, 0.4) is 0 Å². The number of ether oxygens (including phenoxy) is 1. The summed E-state index contributed by atoms with van der Waals surface area (Å²) in [4.78, 5) is 14.6. The van der Waals surface area contributed by atoms with Crippen LogP contribution in [0.5, 0.6) is 0 Å². The fourth-order valence-electron chi connectivity index (χ4n) is 2.69. The maximum atomic E-state index is 12.6. The molecule has 1 fully saturated rings. The van der Waals surface area contributed by atoms with Gasteiger partial charge in [0.25, 0.3) is 0 Å². The molecule has 1 saturated heterocycles. The SMILES string of the molecule is COC(C)(C)CN1C(=O)C(CC(C)C)NC1CC(C)C. The Kier molecular flexibility index (Phi) is 6.02. The highest BCUT2D eigenvalue weighted by atomic mass is 16.5. The first-order valence-electron chi connectivity index (χ1n) is 7.78. The zero-order chi connectivity index (χ0) is 15.5. The van der Waals surface area contributed by atoms with Gasteiger partial charge in [0.15, 0.2) is 0 Å². The zero-order valence-corrected chi connectivity index (χ0v) is 14.2. The number of carbonyl (C=O) groups excluding carboxylic acids is 1. The highest BCUT2D eigenvalue weighted by Gasteiger charge is 2.41. The molecule has 1 aliphatic heterocycles. The molecule has 0 radical (unpaired) electrons. The van der Waals surface area contributed by atoms with Gasteiger partial charge in [-0.25, -0.2) is 0 Å². The van der Waals surface area contributed by atoms with Crippen LogP contribution in [-0.4, -0.2) is 42.3 Å². The molecule has 1 heterocycles. The lowest BCUT2D eigenvalue weighted by Crippen LogP contribution is -2.46. The maximum Gasteiger partial charge on any atom is 0.241 e. The van der Waals surface area contributed by atoms with Crippen molar-refractivity contribution in [3.63, 3.8) is 0 Å². The fourth-order valence-corrected chi connectivity index (χ4v) is 2.69. The maximum absolute atomic E-state index is 12.6. The summed E-state index contributed by atoms with van der Waals surface area (Å²) in [6.07, 6.45) is 2.03. The Balaban J connectivity index is 2.82. The van der Waals surface area contributed by atoms with E-state index in [4.69, 9.17) is 4.74 Å². The van der Waals surface area contributed by atoms with E-state index in [1.165, 1.54) is 0 Å². The molecule has 2 atom stereocenters. The van der Waals surface area contributed by atoms with Crippen LogP contribution in [0.25, 0.3) is 0 Å². The summed E-state index contributed by atoms with van der Waals surface area (Å²) in [6, 6.07) is -0.0357. The van der Waals surface area contributed by atoms with Crippen LogP contribution in [0, 0.1) is 11.8 Å². The summed E-state index contributed by atoms with van der Waals surface area (Å²) in [7, 11) is 1.71. The monoisotopic (exact) mass is 284 g/mol. The van der Waals surface area contributed by atoms with E-state index in [-0.39, 0.29) is 23.7 Å². The van der Waals surface area contributed by atoms with E-state index in [1.54, 1.807) is 7.11 Å². The first kappa shape index (κ1) is 17.4. The Hall–Kier alpha value is -0.610. The van der Waals surface area contributed by atoms with Crippen molar-refractivity contribution in [1.82, 2.24) is 10.2 Å². The lowest BCUT2D eigenvalue weighted by atomic mass is 10.0. The van der Waals surface area contributed by atoms with Gasteiger partial charge in [0.05, 0.1) is 24.4 Å². The molecule has 4 heteroatoms. The molecular formula is C16H32N2O2. The van der Waals surface area contributed by atoms with Crippen LogP contribution in [0.4, 0.5) is 0 Å². The van der Waals surface area contributed by atoms with Crippen molar-refractivity contribution < 1.29 is 9.53 Å². The quantitative estimate of drug-likeness (QED) is 0.781. The van der Waals surface area contributed by atoms with Crippen molar-refractivity contribution in [3.05, 3.63) is 0 Å². The van der Waals surface area contributed by atoms with Gasteiger partial charge in [-0.15, -0.1) is 0 Å². The third-order valence-electron chi connectivity index (χ3n) is 3.86. The van der Waals surface area contributed by atoms with Gasteiger partial charge in [-0.1, -0.05) is 27.7 Å². The van der Waals surface area contributed by atoms with Crippen molar-refractivity contribution >= 4 is 5.91 Å². The molecule has 0 aromatic rings. The molecule has 4 nitrogen and oxygen atoms in total. The first-order chi connectivity index (χ1) is 9.16. The highest BCUT2D eigenvalue weighted by Crippen LogP contribution is 2.24. The number of methoxy groups -OCH3 is 1. The number of hydrogen-bond donors (Lipinski definition) is 1. The summed E-state index contributed by atoms with van der Waals surface area (Å²) < 4.78 is 5.50. The van der Waals surface area contributed by atoms with Crippen LogP contribution in [-0.2, 0) is 9.53 Å². The predicted molar refractivity (Wildman–Crippen MR) is 82.4 cm³/mol. The molecular weight excluding hydrogens is 252 g/mol. The lowest BCUT2D eigenvalue weighted by molar-refractivity contribution is -0.134. The number of carbonyl (C=O) groups is 1. The highest BCUT2D eigenvalue weighted by molar-refractivity contribution is 5.84. The average molecular weight is 284 g/mol. The molecule has 0 aromatic heterocycles. The predicted octanol–water partition coefficient (Wildman–Crippen LogP) is 2.63. The normalized spacial score (nSPS) is 24.2. The Bertz CT molecular complexity index is 326. The molecule has 118 valence electrons. The number of amides is 1. The van der Waals surface area contributed by atoms with Crippen LogP contribution >= 0.6 is 0 Å². The van der Waals surface area contributed by atoms with Crippen molar-refractivity contribution in [3.8, 4) is 0 Å². The minimum Gasteiger partial charge on any atom is -0.377 e. The van der Waals surface area contributed by atoms with E-state index in [2.05, 4.69) is 33.0 Å². The standard InChI is InChI=1S/C16H32N2O2/c1-11(2)8-13-15(19)18(10-16(5,6)20-7)14(17-13)9-12(3)4/h11-14,17H,8-10H2,1-7H3. The summed E-state index contributed by atoms with van der Waals surface area (Å²) in [5.41, 5.74) is -0.306. The topological polar surface area (TPSA) is 41.6 Å². The van der Waals surface area contributed by atoms with Gasteiger partial charge in [-0.2, -0.15) is 0 Å². The number of hydrogen-bond acceptors (Lipinski definition) is 3. The number of nitrogens with one attached hydrogen (secondary N) is 1. The van der Waals surface area contributed by atoms with Crippen molar-refractivity contribution in [2.24, 2.45) is 11.8 Å². The molecule has 1 amide bonds. The smallest absolute Gasteiger partial charge is 0.241 e. The fraction of sp³-hybridized carbons (Fsp3) is 0.938. The Morgan fingerprint density at radius 1 is 1.20 bits per heavy atom. The summed E-state index contributed by atoms with van der Waals surface area (Å²) in [5.74, 6) is 1.31. The van der Waals surface area contributed by atoms with E-state index >= 15 is 0 Å². The minimum atomic E-state index is -0.306. The second kappa shape index (κ2) is 6.90. The molecule has 1 N–H and O–H groups in total. The van der Waals surface area contributed by atoms with Gasteiger partial charge in [0, 0.05) is 7.11 Å². The van der Waals surface area contributed by atoms with E-state index in [9.17, 15) is 4.79 Å². The van der Waals surface area contributed by atoms with Crippen LogP contribution in [0.1, 0.15) is 54.4 Å². The van der Waals surface area contributed by atoms with E-state index in [0.29, 0.717) is 18.4 Å². The molecule has 0 saturated carbocycles. The Morgan fingerprint density at radius 3 is 2.20 bits per heavy atom. The zero-order valence-electron chi connectivity index (χ0n) is 14.2. The molecule has 0 aliphatic carbocycles. The van der Waals surface area contributed by atoms with Gasteiger partial charge in [0.2, 0.25) is 5.91 Å². The molecule has 1 aliphatic rings. The average Bonchev–Trinajstić information content (AvgIpc) is 2.56. The van der Waals surface area contributed by atoms with E-state index < -0.39 is 0 Å². The van der Waals surface area contributed by atoms with Crippen LogP contribution in [0.15, 0.2) is 0 Å². The summed E-state index contributed by atoms with van der Waals surface area (Å²) in [6.45, 7) is 13.4. The Labute approximate surface area is 124 Å². The van der Waals surface area contributed by atoms with Crippen LogP contribution in [0.2, 0.25) is 0 Å². The molecule has 1 rings (SSSR count). The van der Waals surface area contributed by atoms with Gasteiger partial charge < -0.3 is 9.64 Å². The lowest BCUT2D eigenvalue weighted by Gasteiger charge is -2.33. The van der Waals surface area contributed by atoms with Crippen molar-refractivity contribution in [1.29, 1.82) is 0 Å². The Morgan fingerprint density at radius 2 is 1.75 bits per heavy atom. The molecule has 0 aromatic carbocycles. The minimum absolute atomic E-state index is 0.0357. The van der Waals surface area contributed by atoms with Crippen molar-refractivity contribution in [2.45, 2.75) is 72.2 Å². The van der Waals surface area contributed by atoms with E-state index in [0.717, 1.165) is 12.8 Å². The van der Waals surface area contributed by atoms with Gasteiger partial charge in [0.1, 0.15) is 0 Å². The molecule has 0 spiro atoms. The van der Waals surface area contributed by atoms with Gasteiger partial charge in [-0.05, 0) is 38.5 Å². The third kappa shape index (κ3) is 4.74. The molecule has 2 unspecified atom stereocenters. The first-order valence-corrected chi connectivity index (χ1v) is 7.78. The number of rotatable bonds is 7. The largest absolute Gasteiger partial charge is 0.377 e. The van der Waals surface area contributed by atoms with Crippen molar-refractivity contribution in [2.75, 3.05) is 13.7 Å².